The smallest absolute Gasteiger partial charge is 0.161 e. The lowest BCUT2D eigenvalue weighted by Gasteiger charge is -2.33. The van der Waals surface area contributed by atoms with Gasteiger partial charge in [-0.05, 0) is 86.1 Å². The summed E-state index contributed by atoms with van der Waals surface area (Å²) < 4.78 is 78.2. The largest absolute Gasteiger partial charge is 0.491 e. The standard InChI is InChI=1S/C70H88O12/c1-67(2,3)46-69(7,8)54-24-23-53-45-75-48-74-33-40-82-66-52-18-14-22-59(66)58-21-13-16-50-41-49-15-11-19-56(63(49)80-38-31-72-28-35-77-61(53)43-54)57-20-12-17-51(42-52)64(57)79-37-30-71-27-34-76-60-26-25-55(70(9,10)47-68(4,5)6)44-62(60)78-36-29-73-32-39-81-65(50)58/h11-26,43-44H,27-42,45-48H2,1-10H3. The summed E-state index contributed by atoms with van der Waals surface area (Å²) in [4.78, 5) is 0. The Morgan fingerprint density at radius 3 is 1.05 bits per heavy atom. The van der Waals surface area contributed by atoms with Crippen molar-refractivity contribution in [3.63, 3.8) is 0 Å². The zero-order valence-electron chi connectivity index (χ0n) is 50.4. The lowest BCUT2D eigenvalue weighted by Crippen LogP contribution is -2.25. The van der Waals surface area contributed by atoms with Crippen molar-refractivity contribution in [3.8, 4) is 62.5 Å². The molecule has 6 aromatic carbocycles. The highest BCUT2D eigenvalue weighted by Crippen LogP contribution is 2.47. The Labute approximate surface area is 487 Å². The zero-order valence-corrected chi connectivity index (χ0v) is 50.4. The number of hydrogen-bond acceptors (Lipinski definition) is 12. The van der Waals surface area contributed by atoms with E-state index in [-0.39, 0.29) is 54.9 Å². The van der Waals surface area contributed by atoms with Crippen LogP contribution in [0.15, 0.2) is 109 Å². The molecule has 12 bridgehead atoms. The van der Waals surface area contributed by atoms with Gasteiger partial charge in [0.25, 0.3) is 0 Å². The van der Waals surface area contributed by atoms with Gasteiger partial charge in [0.2, 0.25) is 0 Å². The van der Waals surface area contributed by atoms with Crippen LogP contribution in [0.1, 0.15) is 121 Å². The molecule has 0 N–H and O–H groups in total. The summed E-state index contributed by atoms with van der Waals surface area (Å²) in [6.45, 7) is 27.7. The Kier molecular flexibility index (Phi) is 20.2. The highest BCUT2D eigenvalue weighted by molar-refractivity contribution is 5.82. The highest BCUT2D eigenvalue weighted by atomic mass is 16.7. The van der Waals surface area contributed by atoms with Gasteiger partial charge in [-0.2, -0.15) is 0 Å². The summed E-state index contributed by atoms with van der Waals surface area (Å²) in [5.74, 6) is 5.06. The van der Waals surface area contributed by atoms with Crippen LogP contribution in [0.3, 0.4) is 0 Å². The summed E-state index contributed by atoms with van der Waals surface area (Å²) in [5, 5.41) is 0. The molecule has 6 aromatic rings. The van der Waals surface area contributed by atoms with Gasteiger partial charge in [-0.25, -0.2) is 0 Å². The van der Waals surface area contributed by atoms with Gasteiger partial charge in [-0.15, -0.1) is 0 Å². The van der Waals surface area contributed by atoms with Crippen molar-refractivity contribution in [3.05, 3.63) is 148 Å². The fourth-order valence-electron chi connectivity index (χ4n) is 12.1. The van der Waals surface area contributed by atoms with Crippen molar-refractivity contribution in [2.24, 2.45) is 10.8 Å². The Morgan fingerprint density at radius 2 is 0.646 bits per heavy atom. The normalized spacial score (nSPS) is 16.8. The van der Waals surface area contributed by atoms with Gasteiger partial charge >= 0.3 is 0 Å². The van der Waals surface area contributed by atoms with Crippen molar-refractivity contribution >= 4 is 0 Å². The van der Waals surface area contributed by atoms with Gasteiger partial charge < -0.3 is 56.8 Å². The van der Waals surface area contributed by atoms with Crippen LogP contribution >= 0.6 is 0 Å². The Hall–Kier alpha value is -6.28. The van der Waals surface area contributed by atoms with E-state index in [9.17, 15) is 0 Å². The maximum absolute atomic E-state index is 6.95. The number of benzene rings is 6. The average Bonchev–Trinajstić information content (AvgIpc) is 3.27. The first-order valence-electron chi connectivity index (χ1n) is 29.5. The third-order valence-corrected chi connectivity index (χ3v) is 15.0. The van der Waals surface area contributed by atoms with Crippen LogP contribution < -0.4 is 33.2 Å². The monoisotopic (exact) mass is 1120 g/mol. The van der Waals surface area contributed by atoms with E-state index in [0.717, 1.165) is 91.7 Å². The molecule has 0 fully saturated rings. The summed E-state index contributed by atoms with van der Waals surface area (Å²) in [6, 6.07) is 38.1. The third-order valence-electron chi connectivity index (χ3n) is 15.0. The minimum Gasteiger partial charge on any atom is -0.491 e. The first kappa shape index (κ1) is 60.3. The summed E-state index contributed by atoms with van der Waals surface area (Å²) in [6.07, 6.45) is 3.00. The van der Waals surface area contributed by atoms with E-state index in [1.54, 1.807) is 0 Å². The first-order valence-corrected chi connectivity index (χ1v) is 29.5. The van der Waals surface area contributed by atoms with E-state index < -0.39 is 0 Å². The van der Waals surface area contributed by atoms with E-state index in [4.69, 9.17) is 56.8 Å². The van der Waals surface area contributed by atoms with Crippen LogP contribution in [0.5, 0.6) is 40.2 Å². The molecule has 0 radical (unpaired) electrons. The second-order valence-electron chi connectivity index (χ2n) is 25.4. The van der Waals surface area contributed by atoms with E-state index in [1.807, 2.05) is 6.07 Å². The van der Waals surface area contributed by atoms with Crippen LogP contribution in [0, 0.1) is 10.8 Å². The Morgan fingerprint density at radius 1 is 0.305 bits per heavy atom. The van der Waals surface area contributed by atoms with Gasteiger partial charge in [0, 0.05) is 40.7 Å². The van der Waals surface area contributed by atoms with Crippen molar-refractivity contribution in [1.29, 1.82) is 0 Å². The molecule has 0 unspecified atom stereocenters. The fraction of sp³-hybridized carbons (Fsp3) is 0.486. The average molecular weight is 1120 g/mol. The maximum Gasteiger partial charge on any atom is 0.161 e. The molecule has 11 rings (SSSR count). The minimum absolute atomic E-state index is 0.0719. The summed E-state index contributed by atoms with van der Waals surface area (Å²) in [5.41, 5.74) is 11.0. The molecular formula is C70H88O12. The van der Waals surface area contributed by atoms with Crippen LogP contribution in [-0.2, 0) is 54.0 Å². The molecular weight excluding hydrogens is 1030 g/mol. The summed E-state index contributed by atoms with van der Waals surface area (Å²) >= 11 is 0. The van der Waals surface area contributed by atoms with Gasteiger partial charge in [0.1, 0.15) is 81.8 Å². The molecule has 0 aromatic heterocycles. The topological polar surface area (TPSA) is 111 Å². The molecule has 82 heavy (non-hydrogen) atoms. The third kappa shape index (κ3) is 16.1. The van der Waals surface area contributed by atoms with Crippen molar-refractivity contribution in [2.75, 3.05) is 99.3 Å². The van der Waals surface area contributed by atoms with E-state index in [1.165, 1.54) is 11.1 Å². The summed E-state index contributed by atoms with van der Waals surface area (Å²) in [7, 11) is 0. The molecule has 440 valence electrons. The van der Waals surface area contributed by atoms with E-state index in [2.05, 4.69) is 172 Å². The fourth-order valence-corrected chi connectivity index (χ4v) is 12.1. The lowest BCUT2D eigenvalue weighted by atomic mass is 9.72. The molecule has 1 aliphatic carbocycles. The zero-order chi connectivity index (χ0) is 57.7. The van der Waals surface area contributed by atoms with Crippen molar-refractivity contribution in [1.82, 2.24) is 0 Å². The van der Waals surface area contributed by atoms with Gasteiger partial charge in [0.05, 0.1) is 52.9 Å². The second-order valence-corrected chi connectivity index (χ2v) is 25.4. The number of para-hydroxylation sites is 4. The number of fused-ring (bicyclic) bond motifs is 24. The maximum atomic E-state index is 6.95. The molecule has 12 heteroatoms. The number of rotatable bonds is 4. The highest BCUT2D eigenvalue weighted by Gasteiger charge is 2.31. The number of hydrogen-bond donors (Lipinski definition) is 0. The quantitative estimate of drug-likeness (QED) is 0.157. The number of ether oxygens (including phenoxy) is 12. The van der Waals surface area contributed by atoms with Crippen molar-refractivity contribution < 1.29 is 56.8 Å². The van der Waals surface area contributed by atoms with E-state index in [0.29, 0.717) is 97.0 Å². The molecule has 0 atom stereocenters. The SMILES string of the molecule is CC(C)(C)CC(C)(C)c1ccc2c(c1)OCCOCCOc1c3cccc1-c1cccc4c1OCCOCCOc1ccc(C(C)(C)CC(C)(C)C)cc1OCCOCCOc1c(cccc1-c1cccc(c1OCCOCOC2)C4)C3. The lowest BCUT2D eigenvalue weighted by molar-refractivity contribution is -0.0680. The molecule has 0 saturated carbocycles. The van der Waals surface area contributed by atoms with Crippen LogP contribution in [0.4, 0.5) is 0 Å². The molecule has 4 heterocycles. The molecule has 4 aliphatic heterocycles. The van der Waals surface area contributed by atoms with Crippen LogP contribution in [-0.4, -0.2) is 99.3 Å². The molecule has 12 nitrogen and oxygen atoms in total. The molecule has 0 amide bonds. The van der Waals surface area contributed by atoms with Gasteiger partial charge in [0.15, 0.2) is 11.5 Å². The van der Waals surface area contributed by atoms with Gasteiger partial charge in [-0.1, -0.05) is 160 Å². The second kappa shape index (κ2) is 27.4. The van der Waals surface area contributed by atoms with Gasteiger partial charge in [-0.3, -0.25) is 0 Å². The molecule has 0 saturated heterocycles. The Bertz CT molecular complexity index is 2850. The first-order chi connectivity index (χ1) is 39.4. The van der Waals surface area contributed by atoms with Crippen LogP contribution in [0.25, 0.3) is 22.3 Å². The predicted molar refractivity (Wildman–Crippen MR) is 323 cm³/mol. The van der Waals surface area contributed by atoms with Crippen molar-refractivity contribution in [2.45, 2.75) is 112 Å². The predicted octanol–water partition coefficient (Wildman–Crippen LogP) is 14.6. The molecule has 5 aliphatic rings. The van der Waals surface area contributed by atoms with E-state index >= 15 is 0 Å². The minimum atomic E-state index is -0.0888. The Balaban J connectivity index is 1.06. The van der Waals surface area contributed by atoms with Crippen LogP contribution in [0.2, 0.25) is 0 Å². The molecule has 0 spiro atoms.